The number of nitrogens with zero attached hydrogens (tertiary/aromatic N) is 4. The molecule has 0 fully saturated rings. The number of hydrogen-bond donors (Lipinski definition) is 0. The quantitative estimate of drug-likeness (QED) is 0.0870. The fraction of sp³-hybridized carbons (Fsp3) is 0.125. The average molecular weight is 820 g/mol. The summed E-state index contributed by atoms with van der Waals surface area (Å²) in [6, 6.07) is 54.4. The zero-order valence-electron chi connectivity index (χ0n) is 31.6. The molecule has 0 atom stereocenters. The molecule has 0 spiro atoms. The molecule has 0 aliphatic heterocycles. The van der Waals surface area contributed by atoms with Crippen molar-refractivity contribution < 1.29 is 0 Å². The normalized spacial score (nSPS) is 11.9. The Bertz CT molecular complexity index is 2530. The predicted molar refractivity (Wildman–Crippen MR) is 236 cm³/mol. The van der Waals surface area contributed by atoms with E-state index in [0.29, 0.717) is 11.3 Å². The van der Waals surface area contributed by atoms with Gasteiger partial charge in [0, 0.05) is 0 Å². The number of anilines is 6. The van der Waals surface area contributed by atoms with Crippen LogP contribution in [0.15, 0.2) is 146 Å². The maximum atomic E-state index is 9.61. The third kappa shape index (κ3) is 6.40. The first-order chi connectivity index (χ1) is 25.9. The van der Waals surface area contributed by atoms with Gasteiger partial charge in [-0.3, -0.25) is 0 Å². The molecule has 0 saturated heterocycles. The third-order valence-electron chi connectivity index (χ3n) is 10.6. The maximum absolute atomic E-state index is 9.61. The van der Waals surface area contributed by atoms with Crippen LogP contribution in [0.1, 0.15) is 5.56 Å². The van der Waals surface area contributed by atoms with E-state index in [-0.39, 0.29) is 0 Å². The Hall–Kier alpha value is -5.53. The van der Waals surface area contributed by atoms with Crippen LogP contribution in [0, 0.1) is 17.9 Å². The Morgan fingerprint density at radius 3 is 1.17 bits per heavy atom. The van der Waals surface area contributed by atoms with Crippen molar-refractivity contribution in [3.05, 3.63) is 163 Å². The summed E-state index contributed by atoms with van der Waals surface area (Å²) < 4.78 is 2.93. The predicted octanol–water partition coefficient (Wildman–Crippen LogP) is 13.0. The Labute approximate surface area is 323 Å². The van der Waals surface area contributed by atoms with Gasteiger partial charge in [-0.25, -0.2) is 0 Å². The molecular weight excluding hydrogens is 778 g/mol. The molecule has 0 amide bonds. The van der Waals surface area contributed by atoms with E-state index in [0.717, 1.165) is 34.1 Å². The van der Waals surface area contributed by atoms with Gasteiger partial charge in [-0.05, 0) is 0 Å². The Kier molecular flexibility index (Phi) is 9.01. The monoisotopic (exact) mass is 822 g/mol. The molecule has 0 bridgehead atoms. The zero-order chi connectivity index (χ0) is 37.8. The Morgan fingerprint density at radius 1 is 0.463 bits per heavy atom. The van der Waals surface area contributed by atoms with Crippen molar-refractivity contribution >= 4 is 107 Å². The van der Waals surface area contributed by atoms with Gasteiger partial charge in [0.2, 0.25) is 0 Å². The van der Waals surface area contributed by atoms with Crippen LogP contribution in [-0.2, 0) is 0 Å². The van der Waals surface area contributed by atoms with Crippen molar-refractivity contribution in [2.24, 2.45) is 0 Å². The topological polar surface area (TPSA) is 34.6 Å². The Balaban J connectivity index is 1.36. The first-order valence-corrected chi connectivity index (χ1v) is 33.1. The van der Waals surface area contributed by atoms with Crippen molar-refractivity contribution in [2.45, 2.75) is 34.5 Å². The summed E-state index contributed by atoms with van der Waals surface area (Å²) in [5.41, 5.74) is 7.64. The van der Waals surface area contributed by atoms with Gasteiger partial charge in [-0.15, -0.1) is 0 Å². The van der Waals surface area contributed by atoms with Crippen LogP contribution in [-0.4, -0.2) is 26.5 Å². The number of hydrogen-bond acceptors (Lipinski definition) is 3. The van der Waals surface area contributed by atoms with Crippen molar-refractivity contribution in [1.82, 2.24) is 0 Å². The van der Waals surface area contributed by atoms with Crippen molar-refractivity contribution in [1.29, 1.82) is 5.26 Å². The van der Waals surface area contributed by atoms with Gasteiger partial charge in [0.1, 0.15) is 0 Å². The van der Waals surface area contributed by atoms with Gasteiger partial charge in [0.05, 0.1) is 0 Å². The van der Waals surface area contributed by atoms with Crippen molar-refractivity contribution in [2.75, 3.05) is 9.80 Å². The molecule has 0 heterocycles. The molecule has 0 unspecified atom stereocenters. The second-order valence-electron chi connectivity index (χ2n) is 16.1. The van der Waals surface area contributed by atoms with Gasteiger partial charge < -0.3 is 0 Å². The van der Waals surface area contributed by atoms with E-state index < -0.39 is 26.5 Å². The first-order valence-electron chi connectivity index (χ1n) is 18.4. The molecule has 54 heavy (non-hydrogen) atoms. The van der Waals surface area contributed by atoms with E-state index in [2.05, 4.69) is 177 Å². The summed E-state index contributed by atoms with van der Waals surface area (Å²) in [7, 11) is 0. The van der Waals surface area contributed by atoms with Gasteiger partial charge >= 0.3 is 326 Å². The second-order valence-corrected chi connectivity index (χ2v) is 37.4. The summed E-state index contributed by atoms with van der Waals surface area (Å²) in [5.74, 6) is 14.6. The minimum atomic E-state index is -2.04. The number of nitriles is 1. The molecule has 0 aliphatic carbocycles. The van der Waals surface area contributed by atoms with Crippen LogP contribution in [0.25, 0.3) is 37.2 Å². The van der Waals surface area contributed by atoms with Gasteiger partial charge in [0.15, 0.2) is 0 Å². The van der Waals surface area contributed by atoms with Gasteiger partial charge in [0.25, 0.3) is 0 Å². The summed E-state index contributed by atoms with van der Waals surface area (Å²) in [6.07, 6.45) is 0. The number of rotatable bonds is 8. The standard InChI is InChI=1S/C48H42Ge2N4/c1-49(2,3)36-14-22-40(23-15-36)53(39-20-8-33(32-51)9-21-39)45-30-12-34-11-29-44-46(31-13-35-10-28-43(45)47(34)48(35)44)54(42-26-18-38(52-7)19-27-42)41-24-16-37(17-25-41)50(4,5)6/h8-31H,1-6H3. The zero-order valence-corrected chi connectivity index (χ0v) is 35.8. The average Bonchev–Trinajstić information content (AvgIpc) is 3.18. The third-order valence-corrected chi connectivity index (χ3v) is 19.2. The molecule has 8 rings (SSSR count). The molecular formula is C48H42Ge2N4. The molecule has 262 valence electrons. The summed E-state index contributed by atoms with van der Waals surface area (Å²) in [5, 5.41) is 16.8. The molecule has 8 aromatic carbocycles. The van der Waals surface area contributed by atoms with Crippen LogP contribution in [0.3, 0.4) is 0 Å². The van der Waals surface area contributed by atoms with E-state index in [1.165, 1.54) is 41.1 Å². The fourth-order valence-corrected chi connectivity index (χ4v) is 12.5. The minimum absolute atomic E-state index is 0.625. The van der Waals surface area contributed by atoms with Crippen molar-refractivity contribution in [3.63, 3.8) is 0 Å². The molecule has 8 aromatic rings. The molecule has 6 heteroatoms. The summed E-state index contributed by atoms with van der Waals surface area (Å²) in [6.45, 7) is 7.57. The van der Waals surface area contributed by atoms with Gasteiger partial charge in [-0.2, -0.15) is 0 Å². The number of benzene rings is 8. The van der Waals surface area contributed by atoms with Crippen LogP contribution in [0.4, 0.5) is 39.8 Å². The van der Waals surface area contributed by atoms with Crippen LogP contribution >= 0.6 is 0 Å². The van der Waals surface area contributed by atoms with Crippen LogP contribution in [0.5, 0.6) is 0 Å². The van der Waals surface area contributed by atoms with Gasteiger partial charge in [-0.1, -0.05) is 0 Å². The molecule has 4 nitrogen and oxygen atoms in total. The SMILES string of the molecule is [C-]#[N+]c1ccc(N(c2cc[c]([Ge]([CH3])([CH3])[CH3])cc2)c2ccc3ccc4c(N(c5ccc(C#N)cc5)c5cc[c]([Ge]([CH3])([CH3])[CH3])cc5)ccc5ccc2c3c54)cc1. The van der Waals surface area contributed by atoms with Crippen LogP contribution < -0.4 is 18.6 Å². The molecule has 0 N–H and O–H groups in total. The van der Waals surface area contributed by atoms with E-state index in [9.17, 15) is 5.26 Å². The Morgan fingerprint density at radius 2 is 0.815 bits per heavy atom. The molecule has 0 saturated carbocycles. The van der Waals surface area contributed by atoms with Crippen molar-refractivity contribution in [3.8, 4) is 6.07 Å². The van der Waals surface area contributed by atoms with Crippen LogP contribution in [0.2, 0.25) is 34.5 Å². The molecule has 0 radical (unpaired) electrons. The second kappa shape index (κ2) is 13.7. The van der Waals surface area contributed by atoms with E-state index in [4.69, 9.17) is 6.57 Å². The summed E-state index contributed by atoms with van der Waals surface area (Å²) in [4.78, 5) is 8.34. The van der Waals surface area contributed by atoms with E-state index in [1.807, 2.05) is 24.3 Å². The first kappa shape index (κ1) is 35.5. The molecule has 0 aromatic heterocycles. The summed E-state index contributed by atoms with van der Waals surface area (Å²) >= 11 is -4.07. The molecule has 0 aliphatic rings. The fourth-order valence-electron chi connectivity index (χ4n) is 7.60. The van der Waals surface area contributed by atoms with E-state index >= 15 is 0 Å². The van der Waals surface area contributed by atoms with E-state index in [1.54, 1.807) is 0 Å².